The van der Waals surface area contributed by atoms with Gasteiger partial charge in [0.25, 0.3) is 0 Å². The van der Waals surface area contributed by atoms with Crippen molar-refractivity contribution in [3.63, 3.8) is 0 Å². The van der Waals surface area contributed by atoms with Crippen LogP contribution in [0.15, 0.2) is 6.20 Å². The van der Waals surface area contributed by atoms with Gasteiger partial charge in [-0.25, -0.2) is 13.8 Å². The molecule has 1 unspecified atom stereocenters. The Morgan fingerprint density at radius 2 is 2.11 bits per heavy atom. The fourth-order valence-electron chi connectivity index (χ4n) is 1.74. The van der Waals surface area contributed by atoms with E-state index in [4.69, 9.17) is 10.6 Å². The molecule has 0 aliphatic rings. The van der Waals surface area contributed by atoms with E-state index in [1.54, 1.807) is 25.6 Å². The highest BCUT2D eigenvalue weighted by Crippen LogP contribution is 2.35. The van der Waals surface area contributed by atoms with Crippen LogP contribution in [0.2, 0.25) is 0 Å². The van der Waals surface area contributed by atoms with Crippen LogP contribution in [0.1, 0.15) is 25.6 Å². The number of hydrazine groups is 1. The Morgan fingerprint density at radius 1 is 1.56 bits per heavy atom. The second kappa shape index (κ2) is 4.87. The van der Waals surface area contributed by atoms with Gasteiger partial charge in [0.1, 0.15) is 0 Å². The number of aryl methyl sites for hydroxylation is 1. The standard InChI is InChI=1S/C10H20N4O3S/c1-10(2,18(5,15)16)9(13-11)8-7(17-4)6-12-14(8)3/h6,9,13H,11H2,1-5H3. The number of methoxy groups -OCH3 is 1. The number of sulfone groups is 1. The highest BCUT2D eigenvalue weighted by Gasteiger charge is 2.42. The van der Waals surface area contributed by atoms with Crippen molar-refractivity contribution >= 4 is 9.84 Å². The third-order valence-corrected chi connectivity index (χ3v) is 5.41. The molecule has 0 bridgehead atoms. The molecule has 1 aromatic heterocycles. The minimum Gasteiger partial charge on any atom is -0.493 e. The van der Waals surface area contributed by atoms with E-state index in [-0.39, 0.29) is 0 Å². The topological polar surface area (TPSA) is 99.2 Å². The molecule has 0 aliphatic carbocycles. The maximum absolute atomic E-state index is 11.9. The third-order valence-electron chi connectivity index (χ3n) is 3.26. The molecule has 1 aromatic rings. The lowest BCUT2D eigenvalue weighted by Gasteiger charge is -2.32. The van der Waals surface area contributed by atoms with Crippen LogP contribution in [0.5, 0.6) is 5.75 Å². The van der Waals surface area contributed by atoms with E-state index >= 15 is 0 Å². The minimum absolute atomic E-state index is 0.497. The van der Waals surface area contributed by atoms with Crippen molar-refractivity contribution in [2.24, 2.45) is 12.9 Å². The van der Waals surface area contributed by atoms with Crippen LogP contribution < -0.4 is 16.0 Å². The Hall–Kier alpha value is -1.12. The summed E-state index contributed by atoms with van der Waals surface area (Å²) in [5.41, 5.74) is 3.14. The zero-order valence-corrected chi connectivity index (χ0v) is 12.1. The molecule has 0 radical (unpaired) electrons. The molecule has 8 heteroatoms. The van der Waals surface area contributed by atoms with Gasteiger partial charge in [-0.15, -0.1) is 0 Å². The number of nitrogens with two attached hydrogens (primary N) is 1. The largest absolute Gasteiger partial charge is 0.493 e. The molecular weight excluding hydrogens is 256 g/mol. The molecule has 3 N–H and O–H groups in total. The zero-order chi connectivity index (χ0) is 14.1. The van der Waals surface area contributed by atoms with Crippen LogP contribution in [0, 0.1) is 0 Å². The van der Waals surface area contributed by atoms with Crippen molar-refractivity contribution in [1.29, 1.82) is 0 Å². The van der Waals surface area contributed by atoms with Gasteiger partial charge in [-0.2, -0.15) is 5.10 Å². The first-order valence-corrected chi connectivity index (χ1v) is 7.27. The zero-order valence-electron chi connectivity index (χ0n) is 11.3. The summed E-state index contributed by atoms with van der Waals surface area (Å²) < 4.78 is 29.4. The van der Waals surface area contributed by atoms with E-state index < -0.39 is 20.6 Å². The van der Waals surface area contributed by atoms with Crippen molar-refractivity contribution in [3.05, 3.63) is 11.9 Å². The molecule has 0 aromatic carbocycles. The number of rotatable bonds is 5. The predicted octanol–water partition coefficient (Wildman–Crippen LogP) is -0.244. The Morgan fingerprint density at radius 3 is 2.50 bits per heavy atom. The summed E-state index contributed by atoms with van der Waals surface area (Å²) in [4.78, 5) is 0. The maximum Gasteiger partial charge on any atom is 0.161 e. The molecule has 0 amide bonds. The maximum atomic E-state index is 11.9. The van der Waals surface area contributed by atoms with Gasteiger partial charge < -0.3 is 4.74 Å². The molecular formula is C10H20N4O3S. The highest BCUT2D eigenvalue weighted by atomic mass is 32.2. The smallest absolute Gasteiger partial charge is 0.161 e. The van der Waals surface area contributed by atoms with E-state index in [0.717, 1.165) is 0 Å². The number of hydrogen-bond acceptors (Lipinski definition) is 6. The van der Waals surface area contributed by atoms with E-state index in [0.29, 0.717) is 11.4 Å². The second-order valence-electron chi connectivity index (χ2n) is 4.70. The van der Waals surface area contributed by atoms with Gasteiger partial charge in [-0.3, -0.25) is 10.5 Å². The first-order chi connectivity index (χ1) is 8.16. The molecule has 1 rings (SSSR count). The van der Waals surface area contributed by atoms with Gasteiger partial charge in [0, 0.05) is 13.3 Å². The fourth-order valence-corrected chi connectivity index (χ4v) is 2.34. The van der Waals surface area contributed by atoms with Gasteiger partial charge >= 0.3 is 0 Å². The summed E-state index contributed by atoms with van der Waals surface area (Å²) >= 11 is 0. The van der Waals surface area contributed by atoms with Gasteiger partial charge in [-0.05, 0) is 13.8 Å². The van der Waals surface area contributed by atoms with Crippen molar-refractivity contribution in [3.8, 4) is 5.75 Å². The lowest BCUT2D eigenvalue weighted by Crippen LogP contribution is -2.48. The molecule has 1 heterocycles. The number of nitrogens with one attached hydrogen (secondary N) is 1. The van der Waals surface area contributed by atoms with Gasteiger partial charge in [0.2, 0.25) is 0 Å². The molecule has 0 fully saturated rings. The van der Waals surface area contributed by atoms with Crippen LogP contribution in [0.4, 0.5) is 0 Å². The van der Waals surface area contributed by atoms with Crippen molar-refractivity contribution in [1.82, 2.24) is 15.2 Å². The molecule has 0 spiro atoms. The summed E-state index contributed by atoms with van der Waals surface area (Å²) in [6.07, 6.45) is 2.71. The number of ether oxygens (including phenoxy) is 1. The Kier molecular flexibility index (Phi) is 4.04. The van der Waals surface area contributed by atoms with E-state index in [2.05, 4.69) is 10.5 Å². The fraction of sp³-hybridized carbons (Fsp3) is 0.700. The number of aromatic nitrogens is 2. The van der Waals surface area contributed by atoms with Crippen LogP contribution >= 0.6 is 0 Å². The van der Waals surface area contributed by atoms with Gasteiger partial charge in [-0.1, -0.05) is 0 Å². The average molecular weight is 276 g/mol. The predicted molar refractivity (Wildman–Crippen MR) is 68.7 cm³/mol. The van der Waals surface area contributed by atoms with Crippen molar-refractivity contribution < 1.29 is 13.2 Å². The van der Waals surface area contributed by atoms with Gasteiger partial charge in [0.05, 0.1) is 29.8 Å². The quantitative estimate of drug-likeness (QED) is 0.568. The van der Waals surface area contributed by atoms with Crippen LogP contribution in [-0.4, -0.2) is 36.3 Å². The van der Waals surface area contributed by atoms with Gasteiger partial charge in [0.15, 0.2) is 15.6 Å². The summed E-state index contributed by atoms with van der Waals surface area (Å²) in [7, 11) is -0.110. The summed E-state index contributed by atoms with van der Waals surface area (Å²) in [5, 5.41) is 4.05. The molecule has 0 saturated carbocycles. The molecule has 18 heavy (non-hydrogen) atoms. The van der Waals surface area contributed by atoms with E-state index in [1.807, 2.05) is 0 Å². The van der Waals surface area contributed by atoms with Crippen molar-refractivity contribution in [2.75, 3.05) is 13.4 Å². The summed E-state index contributed by atoms with van der Waals surface area (Å²) in [6.45, 7) is 3.22. The molecule has 104 valence electrons. The first kappa shape index (κ1) is 14.9. The average Bonchev–Trinajstić information content (AvgIpc) is 2.60. The Bertz CT molecular complexity index is 521. The molecule has 1 atom stereocenters. The van der Waals surface area contributed by atoms with Crippen LogP contribution in [0.3, 0.4) is 0 Å². The lowest BCUT2D eigenvalue weighted by atomic mass is 10.00. The summed E-state index contributed by atoms with van der Waals surface area (Å²) in [6, 6.07) is -0.630. The molecule has 0 aliphatic heterocycles. The number of hydrogen-bond donors (Lipinski definition) is 2. The SMILES string of the molecule is COc1cnn(C)c1C(NN)C(C)(C)S(C)(=O)=O. The Balaban J connectivity index is 3.39. The van der Waals surface area contributed by atoms with Crippen LogP contribution in [-0.2, 0) is 16.9 Å². The first-order valence-electron chi connectivity index (χ1n) is 5.38. The Labute approximate surface area is 107 Å². The summed E-state index contributed by atoms with van der Waals surface area (Å²) in [5.74, 6) is 6.03. The normalized spacial score (nSPS) is 14.6. The minimum atomic E-state index is -3.32. The third kappa shape index (κ3) is 2.36. The van der Waals surface area contributed by atoms with Crippen molar-refractivity contribution in [2.45, 2.75) is 24.6 Å². The highest BCUT2D eigenvalue weighted by molar-refractivity contribution is 7.92. The second-order valence-corrected chi connectivity index (χ2v) is 7.29. The number of nitrogens with zero attached hydrogens (tertiary/aromatic N) is 2. The van der Waals surface area contributed by atoms with E-state index in [1.165, 1.54) is 19.6 Å². The molecule has 7 nitrogen and oxygen atoms in total. The lowest BCUT2D eigenvalue weighted by molar-refractivity contribution is 0.367. The molecule has 0 saturated heterocycles. The monoisotopic (exact) mass is 276 g/mol. The van der Waals surface area contributed by atoms with Crippen LogP contribution in [0.25, 0.3) is 0 Å². The van der Waals surface area contributed by atoms with E-state index in [9.17, 15) is 8.42 Å².